The predicted molar refractivity (Wildman–Crippen MR) is 74.3 cm³/mol. The smallest absolute Gasteiger partial charge is 0.328 e. The van der Waals surface area contributed by atoms with Crippen molar-refractivity contribution in [3.8, 4) is 6.07 Å². The van der Waals surface area contributed by atoms with E-state index >= 15 is 0 Å². The summed E-state index contributed by atoms with van der Waals surface area (Å²) >= 11 is 0. The van der Waals surface area contributed by atoms with Gasteiger partial charge in [-0.05, 0) is 25.5 Å². The van der Waals surface area contributed by atoms with E-state index in [0.717, 1.165) is 25.9 Å². The van der Waals surface area contributed by atoms with Crippen LogP contribution in [0, 0.1) is 21.4 Å². The molecule has 0 aliphatic carbocycles. The molecular formula is C13H15N5O2. The molecule has 0 bridgehead atoms. The molecule has 20 heavy (non-hydrogen) atoms. The normalized spacial score (nSPS) is 14.2. The van der Waals surface area contributed by atoms with Gasteiger partial charge in [0.05, 0.1) is 4.92 Å². The quantitative estimate of drug-likeness (QED) is 0.479. The Balaban J connectivity index is 2.04. The van der Waals surface area contributed by atoms with E-state index in [4.69, 9.17) is 5.26 Å². The lowest BCUT2D eigenvalue weighted by atomic mass is 10.1. The average Bonchev–Trinajstić information content (AvgIpc) is 2.47. The van der Waals surface area contributed by atoms with Crippen molar-refractivity contribution in [2.24, 2.45) is 0 Å². The maximum atomic E-state index is 11.0. The lowest BCUT2D eigenvalue weighted by Crippen LogP contribution is -2.21. The van der Waals surface area contributed by atoms with Crippen molar-refractivity contribution in [2.45, 2.75) is 12.8 Å². The summed E-state index contributed by atoms with van der Waals surface area (Å²) in [7, 11) is 0. The molecule has 2 N–H and O–H groups in total. The first-order valence-electron chi connectivity index (χ1n) is 6.38. The van der Waals surface area contributed by atoms with Crippen molar-refractivity contribution in [3.05, 3.63) is 39.6 Å². The van der Waals surface area contributed by atoms with Gasteiger partial charge in [-0.3, -0.25) is 10.1 Å². The molecule has 1 aromatic rings. The highest BCUT2D eigenvalue weighted by atomic mass is 16.6. The number of hydrogen-bond donors (Lipinski definition) is 2. The van der Waals surface area contributed by atoms with E-state index in [0.29, 0.717) is 6.54 Å². The Morgan fingerprint density at radius 3 is 3.10 bits per heavy atom. The van der Waals surface area contributed by atoms with Crippen LogP contribution in [0.15, 0.2) is 23.9 Å². The van der Waals surface area contributed by atoms with Crippen LogP contribution >= 0.6 is 0 Å². The third kappa shape index (κ3) is 3.30. The average molecular weight is 273 g/mol. The Labute approximate surface area is 116 Å². The summed E-state index contributed by atoms with van der Waals surface area (Å²) in [5, 5.41) is 26.1. The molecule has 0 unspecified atom stereocenters. The molecule has 2 heterocycles. The number of anilines is 1. The van der Waals surface area contributed by atoms with Crippen LogP contribution in [-0.2, 0) is 0 Å². The highest BCUT2D eigenvalue weighted by Crippen LogP contribution is 2.25. The van der Waals surface area contributed by atoms with Crippen molar-refractivity contribution < 1.29 is 4.92 Å². The Bertz CT molecular complexity index is 577. The molecule has 7 nitrogen and oxygen atoms in total. The SMILES string of the molecule is N#Cc1ccnc(NCCC2=CCNCC2)c1[N+](=O)[O-]. The van der Waals surface area contributed by atoms with Gasteiger partial charge >= 0.3 is 5.69 Å². The van der Waals surface area contributed by atoms with E-state index in [-0.39, 0.29) is 17.1 Å². The number of nitrogens with one attached hydrogen (secondary N) is 2. The van der Waals surface area contributed by atoms with E-state index in [1.54, 1.807) is 0 Å². The Hall–Kier alpha value is -2.46. The Kier molecular flexibility index (Phi) is 4.63. The summed E-state index contributed by atoms with van der Waals surface area (Å²) in [6.45, 7) is 2.40. The summed E-state index contributed by atoms with van der Waals surface area (Å²) < 4.78 is 0. The minimum atomic E-state index is -0.572. The van der Waals surface area contributed by atoms with Crippen LogP contribution < -0.4 is 10.6 Å². The monoisotopic (exact) mass is 273 g/mol. The molecule has 1 aliphatic heterocycles. The van der Waals surface area contributed by atoms with Crippen molar-refractivity contribution in [3.63, 3.8) is 0 Å². The molecule has 0 aromatic carbocycles. The highest BCUT2D eigenvalue weighted by molar-refractivity contribution is 5.64. The molecule has 104 valence electrons. The summed E-state index contributed by atoms with van der Waals surface area (Å²) in [6.07, 6.45) is 5.35. The molecule has 0 saturated carbocycles. The van der Waals surface area contributed by atoms with Crippen LogP contribution in [0.3, 0.4) is 0 Å². The van der Waals surface area contributed by atoms with E-state index < -0.39 is 4.92 Å². The maximum Gasteiger partial charge on any atom is 0.328 e. The molecule has 1 aromatic heterocycles. The first kappa shape index (κ1) is 14.0. The van der Waals surface area contributed by atoms with Gasteiger partial charge in [-0.2, -0.15) is 5.26 Å². The van der Waals surface area contributed by atoms with Crippen LogP contribution in [0.1, 0.15) is 18.4 Å². The fourth-order valence-corrected chi connectivity index (χ4v) is 2.10. The summed E-state index contributed by atoms with van der Waals surface area (Å²) in [6, 6.07) is 3.16. The molecule has 0 radical (unpaired) electrons. The zero-order valence-electron chi connectivity index (χ0n) is 10.9. The minimum absolute atomic E-state index is 0.0218. The number of nitro groups is 1. The lowest BCUT2D eigenvalue weighted by molar-refractivity contribution is -0.384. The number of hydrogen-bond acceptors (Lipinski definition) is 6. The largest absolute Gasteiger partial charge is 0.364 e. The first-order valence-corrected chi connectivity index (χ1v) is 6.38. The van der Waals surface area contributed by atoms with Crippen LogP contribution in [0.2, 0.25) is 0 Å². The zero-order chi connectivity index (χ0) is 14.4. The van der Waals surface area contributed by atoms with E-state index in [2.05, 4.69) is 21.7 Å². The van der Waals surface area contributed by atoms with Gasteiger partial charge in [-0.25, -0.2) is 4.98 Å². The second-order valence-corrected chi connectivity index (χ2v) is 4.42. The molecule has 1 aliphatic rings. The van der Waals surface area contributed by atoms with Gasteiger partial charge in [0.1, 0.15) is 11.6 Å². The summed E-state index contributed by atoms with van der Waals surface area (Å²) in [4.78, 5) is 14.4. The molecule has 7 heteroatoms. The van der Waals surface area contributed by atoms with Crippen LogP contribution in [-0.4, -0.2) is 29.5 Å². The number of nitrogens with zero attached hydrogens (tertiary/aromatic N) is 3. The predicted octanol–water partition coefficient (Wildman–Crippen LogP) is 1.58. The topological polar surface area (TPSA) is 104 Å². The van der Waals surface area contributed by atoms with Crippen molar-refractivity contribution >= 4 is 11.5 Å². The van der Waals surface area contributed by atoms with Gasteiger partial charge < -0.3 is 10.6 Å². The lowest BCUT2D eigenvalue weighted by Gasteiger charge is -2.14. The first-order chi connectivity index (χ1) is 9.72. The Morgan fingerprint density at radius 2 is 2.45 bits per heavy atom. The third-order valence-electron chi connectivity index (χ3n) is 3.12. The molecule has 0 amide bonds. The molecule has 0 saturated heterocycles. The van der Waals surface area contributed by atoms with Gasteiger partial charge in [0.2, 0.25) is 5.82 Å². The highest BCUT2D eigenvalue weighted by Gasteiger charge is 2.20. The number of nitriles is 1. The molecule has 2 rings (SSSR count). The van der Waals surface area contributed by atoms with E-state index in [1.807, 2.05) is 6.07 Å². The van der Waals surface area contributed by atoms with E-state index in [9.17, 15) is 10.1 Å². The van der Waals surface area contributed by atoms with Gasteiger partial charge in [0.25, 0.3) is 0 Å². The van der Waals surface area contributed by atoms with E-state index in [1.165, 1.54) is 17.8 Å². The van der Waals surface area contributed by atoms with Gasteiger partial charge in [-0.15, -0.1) is 0 Å². The van der Waals surface area contributed by atoms with Gasteiger partial charge in [0, 0.05) is 19.3 Å². The second kappa shape index (κ2) is 6.63. The molecular weight excluding hydrogens is 258 g/mol. The molecule has 0 spiro atoms. The number of rotatable bonds is 5. The third-order valence-corrected chi connectivity index (χ3v) is 3.12. The fraction of sp³-hybridized carbons (Fsp3) is 0.385. The molecule has 0 fully saturated rings. The fourth-order valence-electron chi connectivity index (χ4n) is 2.10. The maximum absolute atomic E-state index is 11.0. The Morgan fingerprint density at radius 1 is 1.60 bits per heavy atom. The summed E-state index contributed by atoms with van der Waals surface area (Å²) in [5.41, 5.74) is 1.10. The standard InChI is InChI=1S/C13H15N5O2/c14-9-11-4-8-17-13(12(11)18(19)20)16-7-3-10-1-5-15-6-2-10/h1,4,8,15H,2-3,5-7H2,(H,16,17). The van der Waals surface area contributed by atoms with Crippen LogP contribution in [0.5, 0.6) is 0 Å². The zero-order valence-corrected chi connectivity index (χ0v) is 10.9. The van der Waals surface area contributed by atoms with Gasteiger partial charge in [-0.1, -0.05) is 11.6 Å². The van der Waals surface area contributed by atoms with Crippen LogP contribution in [0.25, 0.3) is 0 Å². The summed E-state index contributed by atoms with van der Waals surface area (Å²) in [5.74, 6) is 0.156. The number of aromatic nitrogens is 1. The van der Waals surface area contributed by atoms with Crippen molar-refractivity contribution in [1.29, 1.82) is 5.26 Å². The van der Waals surface area contributed by atoms with Gasteiger partial charge in [0.15, 0.2) is 0 Å². The van der Waals surface area contributed by atoms with Crippen LogP contribution in [0.4, 0.5) is 11.5 Å². The van der Waals surface area contributed by atoms with Crippen molar-refractivity contribution in [2.75, 3.05) is 25.0 Å². The number of pyridine rings is 1. The second-order valence-electron chi connectivity index (χ2n) is 4.42. The van der Waals surface area contributed by atoms with Crippen molar-refractivity contribution in [1.82, 2.24) is 10.3 Å². The molecule has 0 atom stereocenters. The minimum Gasteiger partial charge on any atom is -0.364 e.